The molecule has 2 amide bonds. The molecule has 0 aromatic heterocycles. The van der Waals surface area contributed by atoms with Crippen LogP contribution in [-0.2, 0) is 22.3 Å². The summed E-state index contributed by atoms with van der Waals surface area (Å²) < 4.78 is 51.3. The first kappa shape index (κ1) is 26.4. The van der Waals surface area contributed by atoms with Crippen LogP contribution >= 0.6 is 0 Å². The Morgan fingerprint density at radius 2 is 1.83 bits per heavy atom. The molecule has 2 aromatic carbocycles. The van der Waals surface area contributed by atoms with Crippen molar-refractivity contribution in [3.63, 3.8) is 0 Å². The molecule has 6 nitrogen and oxygen atoms in total. The number of amides is 2. The second kappa shape index (κ2) is 11.0. The van der Waals surface area contributed by atoms with Crippen LogP contribution in [-0.4, -0.2) is 43.2 Å². The van der Waals surface area contributed by atoms with Crippen LogP contribution in [0.5, 0.6) is 5.75 Å². The number of carbonyl (C=O) groups excluding carboxylic acids is 2. The maximum absolute atomic E-state index is 13.6. The van der Waals surface area contributed by atoms with Crippen LogP contribution < -0.4 is 10.1 Å². The summed E-state index contributed by atoms with van der Waals surface area (Å²) in [6.07, 6.45) is -2.73. The smallest absolute Gasteiger partial charge is 0.416 e. The number of nitrogens with zero attached hydrogens (tertiary/aromatic N) is 1. The highest BCUT2D eigenvalue weighted by atomic mass is 19.4. The number of carbonyl (C=O) groups is 2. The van der Waals surface area contributed by atoms with Gasteiger partial charge in [0.2, 0.25) is 0 Å². The van der Waals surface area contributed by atoms with Gasteiger partial charge in [-0.1, -0.05) is 12.1 Å². The van der Waals surface area contributed by atoms with E-state index in [0.29, 0.717) is 34.5 Å². The van der Waals surface area contributed by atoms with Crippen LogP contribution in [0.2, 0.25) is 0 Å². The number of ether oxygens (including phenoxy) is 2. The Balaban J connectivity index is 2.07. The largest absolute Gasteiger partial charge is 0.496 e. The molecular weight excluding hydrogens is 461 g/mol. The van der Waals surface area contributed by atoms with Crippen molar-refractivity contribution in [1.29, 1.82) is 0 Å². The van der Waals surface area contributed by atoms with Crippen molar-refractivity contribution >= 4 is 12.0 Å². The first-order valence-corrected chi connectivity index (χ1v) is 11.7. The summed E-state index contributed by atoms with van der Waals surface area (Å²) in [5.74, 6) is -0.532. The predicted octanol–water partition coefficient (Wildman–Crippen LogP) is 5.74. The van der Waals surface area contributed by atoms with Gasteiger partial charge in [0, 0.05) is 24.7 Å². The molecule has 0 bridgehead atoms. The van der Waals surface area contributed by atoms with Crippen molar-refractivity contribution in [1.82, 2.24) is 10.2 Å². The van der Waals surface area contributed by atoms with Gasteiger partial charge in [-0.05, 0) is 74.6 Å². The number of hydrogen-bond acceptors (Lipinski definition) is 4. The third kappa shape index (κ3) is 6.46. The molecule has 0 heterocycles. The van der Waals surface area contributed by atoms with Gasteiger partial charge in [0.25, 0.3) is 0 Å². The monoisotopic (exact) mass is 492 g/mol. The lowest BCUT2D eigenvalue weighted by molar-refractivity contribution is -0.144. The maximum atomic E-state index is 13.6. The van der Waals surface area contributed by atoms with Gasteiger partial charge >= 0.3 is 18.2 Å². The molecule has 35 heavy (non-hydrogen) atoms. The van der Waals surface area contributed by atoms with E-state index in [-0.39, 0.29) is 25.2 Å². The van der Waals surface area contributed by atoms with E-state index in [1.165, 1.54) is 18.1 Å². The Labute approximate surface area is 203 Å². The van der Waals surface area contributed by atoms with Gasteiger partial charge in [0.05, 0.1) is 25.2 Å². The van der Waals surface area contributed by atoms with Gasteiger partial charge in [-0.3, -0.25) is 4.79 Å². The van der Waals surface area contributed by atoms with Crippen molar-refractivity contribution in [3.05, 3.63) is 53.1 Å². The topological polar surface area (TPSA) is 67.9 Å². The lowest BCUT2D eigenvalue weighted by atomic mass is 9.92. The number of hydrogen-bond donors (Lipinski definition) is 1. The average Bonchev–Trinajstić information content (AvgIpc) is 3.65. The summed E-state index contributed by atoms with van der Waals surface area (Å²) in [6, 6.07) is 8.43. The molecule has 190 valence electrons. The molecule has 1 N–H and O–H groups in total. The fourth-order valence-electron chi connectivity index (χ4n) is 3.80. The number of methoxy groups -OCH3 is 1. The number of halogens is 3. The summed E-state index contributed by atoms with van der Waals surface area (Å²) in [7, 11) is 1.47. The molecule has 0 radical (unpaired) electrons. The molecule has 1 aliphatic carbocycles. The lowest BCUT2D eigenvalue weighted by Crippen LogP contribution is -2.40. The first-order chi connectivity index (χ1) is 16.6. The van der Waals surface area contributed by atoms with Gasteiger partial charge in [-0.2, -0.15) is 13.2 Å². The van der Waals surface area contributed by atoms with E-state index in [9.17, 15) is 22.8 Å². The van der Waals surface area contributed by atoms with Gasteiger partial charge < -0.3 is 19.7 Å². The van der Waals surface area contributed by atoms with Crippen LogP contribution in [0.25, 0.3) is 11.1 Å². The third-order valence-corrected chi connectivity index (χ3v) is 6.02. The normalized spacial score (nSPS) is 14.3. The number of benzene rings is 2. The Hall–Kier alpha value is -3.23. The van der Waals surface area contributed by atoms with Crippen LogP contribution in [0.4, 0.5) is 18.0 Å². The molecule has 1 unspecified atom stereocenters. The average molecular weight is 493 g/mol. The van der Waals surface area contributed by atoms with Crippen molar-refractivity contribution in [2.24, 2.45) is 0 Å². The Morgan fingerprint density at radius 1 is 1.11 bits per heavy atom. The molecule has 1 fully saturated rings. The summed E-state index contributed by atoms with van der Waals surface area (Å²) in [6.45, 7) is 5.75. The van der Waals surface area contributed by atoms with E-state index in [2.05, 4.69) is 5.32 Å². The maximum Gasteiger partial charge on any atom is 0.416 e. The van der Waals surface area contributed by atoms with Crippen LogP contribution in [0.1, 0.15) is 56.2 Å². The van der Waals surface area contributed by atoms with Crippen LogP contribution in [0.3, 0.4) is 0 Å². The molecule has 2 aromatic rings. The zero-order chi connectivity index (χ0) is 25.8. The third-order valence-electron chi connectivity index (χ3n) is 6.02. The van der Waals surface area contributed by atoms with Crippen molar-refractivity contribution in [2.45, 2.75) is 58.3 Å². The standard InChI is InChI=1S/C26H31F3N2O4/c1-5-31(25(33)30-20-9-10-20)15-18-13-19(26(27,28)29)8-11-21(18)22-14-17(7-12-23(22)34-4)16(3)24(32)35-6-2/h7-8,11-14,16,20H,5-6,9-10,15H2,1-4H3,(H,30,33). The van der Waals surface area contributed by atoms with Crippen LogP contribution in [0, 0.1) is 0 Å². The second-order valence-electron chi connectivity index (χ2n) is 8.54. The molecule has 1 atom stereocenters. The quantitative estimate of drug-likeness (QED) is 0.453. The molecule has 0 saturated heterocycles. The second-order valence-corrected chi connectivity index (χ2v) is 8.54. The zero-order valence-corrected chi connectivity index (χ0v) is 20.4. The fourth-order valence-corrected chi connectivity index (χ4v) is 3.80. The molecule has 3 rings (SSSR count). The van der Waals surface area contributed by atoms with E-state index in [1.54, 1.807) is 39.0 Å². The lowest BCUT2D eigenvalue weighted by Gasteiger charge is -2.24. The van der Waals surface area contributed by atoms with Gasteiger partial charge in [0.15, 0.2) is 0 Å². The minimum Gasteiger partial charge on any atom is -0.496 e. The van der Waals surface area contributed by atoms with Crippen molar-refractivity contribution < 1.29 is 32.2 Å². The summed E-state index contributed by atoms with van der Waals surface area (Å²) in [5, 5.41) is 2.89. The highest BCUT2D eigenvalue weighted by molar-refractivity contribution is 5.81. The molecule has 1 saturated carbocycles. The minimum absolute atomic E-state index is 0.0187. The Kier molecular flexibility index (Phi) is 8.30. The van der Waals surface area contributed by atoms with E-state index in [1.807, 2.05) is 0 Å². The fraction of sp³-hybridized carbons (Fsp3) is 0.462. The van der Waals surface area contributed by atoms with Crippen molar-refractivity contribution in [2.75, 3.05) is 20.3 Å². The summed E-state index contributed by atoms with van der Waals surface area (Å²) >= 11 is 0. The molecule has 1 aliphatic rings. The number of nitrogens with one attached hydrogen (secondary N) is 1. The Bertz CT molecular complexity index is 1070. The van der Waals surface area contributed by atoms with Gasteiger partial charge in [-0.15, -0.1) is 0 Å². The van der Waals surface area contributed by atoms with Crippen LogP contribution in [0.15, 0.2) is 36.4 Å². The number of urea groups is 1. The highest BCUT2D eigenvalue weighted by Crippen LogP contribution is 2.39. The van der Waals surface area contributed by atoms with Gasteiger partial charge in [-0.25, -0.2) is 4.79 Å². The number of alkyl halides is 3. The summed E-state index contributed by atoms with van der Waals surface area (Å²) in [4.78, 5) is 26.4. The van der Waals surface area contributed by atoms with E-state index in [0.717, 1.165) is 25.0 Å². The van der Waals surface area contributed by atoms with E-state index < -0.39 is 23.6 Å². The molecular formula is C26H31F3N2O4. The number of rotatable bonds is 9. The van der Waals surface area contributed by atoms with Gasteiger partial charge in [0.1, 0.15) is 5.75 Å². The van der Waals surface area contributed by atoms with E-state index in [4.69, 9.17) is 9.47 Å². The Morgan fingerprint density at radius 3 is 2.40 bits per heavy atom. The zero-order valence-electron chi connectivity index (χ0n) is 20.4. The first-order valence-electron chi connectivity index (χ1n) is 11.7. The highest BCUT2D eigenvalue weighted by Gasteiger charge is 2.32. The SMILES string of the molecule is CCOC(=O)C(C)c1ccc(OC)c(-c2ccc(C(F)(F)F)cc2CN(CC)C(=O)NC2CC2)c1. The molecule has 0 spiro atoms. The summed E-state index contributed by atoms with van der Waals surface area (Å²) in [5.41, 5.74) is 1.19. The van der Waals surface area contributed by atoms with E-state index >= 15 is 0 Å². The predicted molar refractivity (Wildman–Crippen MR) is 126 cm³/mol. The van der Waals surface area contributed by atoms with Crippen molar-refractivity contribution in [3.8, 4) is 16.9 Å². The molecule has 0 aliphatic heterocycles. The molecule has 9 heteroatoms. The number of esters is 1. The minimum atomic E-state index is -4.54.